The number of tetrazole rings is 1. The molecule has 2 aromatic rings. The molecular weight excluding hydrogens is 262 g/mol. The summed E-state index contributed by atoms with van der Waals surface area (Å²) in [5.74, 6) is 0.392. The monoisotopic (exact) mass is 279 g/mol. The van der Waals surface area contributed by atoms with Crippen molar-refractivity contribution in [2.45, 2.75) is 39.7 Å². The zero-order valence-electron chi connectivity index (χ0n) is 11.2. The number of nitrogens with zero attached hydrogens (tertiary/aromatic N) is 3. The van der Waals surface area contributed by atoms with E-state index in [-0.39, 0.29) is 11.9 Å². The Morgan fingerprint density at radius 2 is 2.37 bits per heavy atom. The number of carbonyl (C=O) groups excluding carboxylic acids is 1. The van der Waals surface area contributed by atoms with Crippen molar-refractivity contribution in [3.05, 3.63) is 27.2 Å². The van der Waals surface area contributed by atoms with Crippen molar-refractivity contribution in [3.63, 3.8) is 0 Å². The van der Waals surface area contributed by atoms with E-state index in [9.17, 15) is 4.79 Å². The molecule has 2 N–H and O–H groups in total. The Morgan fingerprint density at radius 3 is 3.00 bits per heavy atom. The van der Waals surface area contributed by atoms with E-state index < -0.39 is 0 Å². The minimum atomic E-state index is -0.261. The summed E-state index contributed by atoms with van der Waals surface area (Å²) in [5.41, 5.74) is 1.25. The molecule has 1 unspecified atom stereocenters. The van der Waals surface area contributed by atoms with Crippen LogP contribution in [0.1, 0.15) is 52.2 Å². The van der Waals surface area contributed by atoms with Crippen molar-refractivity contribution < 1.29 is 4.79 Å². The fourth-order valence-corrected chi connectivity index (χ4v) is 2.81. The van der Waals surface area contributed by atoms with Gasteiger partial charge in [0.2, 0.25) is 0 Å². The smallest absolute Gasteiger partial charge is 0.261 e. The molecule has 2 aromatic heterocycles. The van der Waals surface area contributed by atoms with Crippen LogP contribution in [-0.4, -0.2) is 26.5 Å². The number of carbonyl (C=O) groups is 1. The van der Waals surface area contributed by atoms with Gasteiger partial charge in [0.25, 0.3) is 5.91 Å². The van der Waals surface area contributed by atoms with Gasteiger partial charge in [0, 0.05) is 4.88 Å². The zero-order chi connectivity index (χ0) is 13.8. The van der Waals surface area contributed by atoms with Crippen LogP contribution in [0.25, 0.3) is 0 Å². The van der Waals surface area contributed by atoms with E-state index in [4.69, 9.17) is 0 Å². The minimum Gasteiger partial charge on any atom is -0.341 e. The number of H-pyrrole nitrogens is 1. The van der Waals surface area contributed by atoms with Gasteiger partial charge < -0.3 is 5.32 Å². The van der Waals surface area contributed by atoms with E-state index in [1.165, 1.54) is 21.8 Å². The molecule has 0 saturated carbocycles. The van der Waals surface area contributed by atoms with Gasteiger partial charge in [-0.2, -0.15) is 5.21 Å². The number of amides is 1. The van der Waals surface area contributed by atoms with Crippen molar-refractivity contribution in [1.29, 1.82) is 0 Å². The van der Waals surface area contributed by atoms with Gasteiger partial charge in [0.05, 0.1) is 10.9 Å². The topological polar surface area (TPSA) is 83.6 Å². The Labute approximate surface area is 115 Å². The van der Waals surface area contributed by atoms with Gasteiger partial charge in [0.15, 0.2) is 5.82 Å². The SMILES string of the molecule is CCCc1cc(C(=O)NC(C)c2nn[nH]n2)sc1C. The number of aromatic nitrogens is 4. The van der Waals surface area contributed by atoms with Crippen LogP contribution in [0, 0.1) is 6.92 Å². The van der Waals surface area contributed by atoms with Crippen LogP contribution in [0.3, 0.4) is 0 Å². The van der Waals surface area contributed by atoms with Crippen LogP contribution in [-0.2, 0) is 6.42 Å². The third-order valence-electron chi connectivity index (χ3n) is 2.86. The minimum absolute atomic E-state index is 0.0900. The quantitative estimate of drug-likeness (QED) is 0.877. The van der Waals surface area contributed by atoms with Crippen LogP contribution in [0.5, 0.6) is 0 Å². The molecule has 19 heavy (non-hydrogen) atoms. The molecule has 1 amide bonds. The zero-order valence-corrected chi connectivity index (χ0v) is 12.0. The molecule has 2 heterocycles. The summed E-state index contributed by atoms with van der Waals surface area (Å²) in [6, 6.07) is 1.71. The maximum Gasteiger partial charge on any atom is 0.261 e. The van der Waals surface area contributed by atoms with E-state index in [2.05, 4.69) is 39.8 Å². The van der Waals surface area contributed by atoms with E-state index in [0.29, 0.717) is 5.82 Å². The highest BCUT2D eigenvalue weighted by Gasteiger charge is 2.17. The molecule has 7 heteroatoms. The first-order valence-corrected chi connectivity index (χ1v) is 7.07. The number of hydrogen-bond acceptors (Lipinski definition) is 5. The highest BCUT2D eigenvalue weighted by atomic mass is 32.1. The fraction of sp³-hybridized carbons (Fsp3) is 0.500. The second kappa shape index (κ2) is 5.92. The van der Waals surface area contributed by atoms with E-state index in [0.717, 1.165) is 17.7 Å². The van der Waals surface area contributed by atoms with Gasteiger partial charge in [-0.25, -0.2) is 0 Å². The van der Waals surface area contributed by atoms with Crippen molar-refractivity contribution >= 4 is 17.2 Å². The second-order valence-electron chi connectivity index (χ2n) is 4.41. The van der Waals surface area contributed by atoms with E-state index >= 15 is 0 Å². The second-order valence-corrected chi connectivity index (χ2v) is 5.66. The lowest BCUT2D eigenvalue weighted by atomic mass is 10.1. The molecule has 0 bridgehead atoms. The van der Waals surface area contributed by atoms with Gasteiger partial charge in [-0.15, -0.1) is 21.5 Å². The summed E-state index contributed by atoms with van der Waals surface area (Å²) < 4.78 is 0. The third kappa shape index (κ3) is 3.17. The lowest BCUT2D eigenvalue weighted by Gasteiger charge is -2.08. The van der Waals surface area contributed by atoms with Crippen LogP contribution < -0.4 is 5.32 Å². The Morgan fingerprint density at radius 1 is 1.58 bits per heavy atom. The number of nitrogens with one attached hydrogen (secondary N) is 2. The van der Waals surface area contributed by atoms with Crippen LogP contribution in [0.4, 0.5) is 0 Å². The van der Waals surface area contributed by atoms with Gasteiger partial charge in [-0.1, -0.05) is 18.6 Å². The summed E-state index contributed by atoms with van der Waals surface area (Å²) >= 11 is 1.53. The van der Waals surface area contributed by atoms with Gasteiger partial charge >= 0.3 is 0 Å². The molecule has 0 aromatic carbocycles. The van der Waals surface area contributed by atoms with Crippen LogP contribution in [0.2, 0.25) is 0 Å². The van der Waals surface area contributed by atoms with Crippen LogP contribution in [0.15, 0.2) is 6.07 Å². The molecule has 0 spiro atoms. The number of thiophene rings is 1. The average Bonchev–Trinajstić information content (AvgIpc) is 3.00. The highest BCUT2D eigenvalue weighted by Crippen LogP contribution is 2.23. The Kier molecular flexibility index (Phi) is 4.26. The molecule has 0 aliphatic rings. The molecule has 0 aliphatic heterocycles. The lowest BCUT2D eigenvalue weighted by molar-refractivity contribution is 0.0942. The van der Waals surface area contributed by atoms with E-state index in [1.807, 2.05) is 13.0 Å². The lowest BCUT2D eigenvalue weighted by Crippen LogP contribution is -2.26. The third-order valence-corrected chi connectivity index (χ3v) is 3.95. The first-order chi connectivity index (χ1) is 9.11. The van der Waals surface area contributed by atoms with Gasteiger partial charge in [-0.3, -0.25) is 4.79 Å². The molecule has 2 rings (SSSR count). The normalized spacial score (nSPS) is 12.4. The number of hydrogen-bond donors (Lipinski definition) is 2. The Balaban J connectivity index is 2.05. The largest absolute Gasteiger partial charge is 0.341 e. The summed E-state index contributed by atoms with van der Waals surface area (Å²) in [7, 11) is 0. The van der Waals surface area contributed by atoms with E-state index in [1.54, 1.807) is 0 Å². The first-order valence-electron chi connectivity index (χ1n) is 6.25. The van der Waals surface area contributed by atoms with Crippen molar-refractivity contribution in [2.75, 3.05) is 0 Å². The average molecular weight is 279 g/mol. The predicted octanol–water partition coefficient (Wildman–Crippen LogP) is 2.01. The molecule has 6 nitrogen and oxygen atoms in total. The molecule has 0 aliphatic carbocycles. The summed E-state index contributed by atoms with van der Waals surface area (Å²) in [5, 5.41) is 16.4. The summed E-state index contributed by atoms with van der Waals surface area (Å²) in [6.45, 7) is 6.01. The Hall–Kier alpha value is -1.76. The van der Waals surface area contributed by atoms with Gasteiger partial charge in [0.1, 0.15) is 0 Å². The summed E-state index contributed by atoms with van der Waals surface area (Å²) in [4.78, 5) is 14.1. The maximum absolute atomic E-state index is 12.1. The highest BCUT2D eigenvalue weighted by molar-refractivity contribution is 7.14. The number of aryl methyl sites for hydroxylation is 2. The standard InChI is InChI=1S/C12H17N5OS/c1-4-5-9-6-10(19-8(9)3)12(18)13-7(2)11-14-16-17-15-11/h6-7H,4-5H2,1-3H3,(H,13,18)(H,14,15,16,17). The van der Waals surface area contributed by atoms with Crippen LogP contribution >= 0.6 is 11.3 Å². The van der Waals surface area contributed by atoms with Crippen molar-refractivity contribution in [3.8, 4) is 0 Å². The molecule has 0 radical (unpaired) electrons. The summed E-state index contributed by atoms with van der Waals surface area (Å²) in [6.07, 6.45) is 2.09. The maximum atomic E-state index is 12.1. The Bertz CT molecular complexity index is 548. The van der Waals surface area contributed by atoms with Crippen molar-refractivity contribution in [2.24, 2.45) is 0 Å². The van der Waals surface area contributed by atoms with Gasteiger partial charge in [-0.05, 0) is 31.9 Å². The molecular formula is C12H17N5OS. The fourth-order valence-electron chi connectivity index (χ4n) is 1.83. The molecule has 102 valence electrons. The predicted molar refractivity (Wildman–Crippen MR) is 73.1 cm³/mol. The first kappa shape index (κ1) is 13.7. The molecule has 0 fully saturated rings. The van der Waals surface area contributed by atoms with Crippen molar-refractivity contribution in [1.82, 2.24) is 25.9 Å². The molecule has 0 saturated heterocycles. The molecule has 1 atom stereocenters. The number of rotatable bonds is 5. The number of aromatic amines is 1.